The molecular weight excluding hydrogens is 471 g/mol. The molecule has 1 saturated heterocycles. The second-order valence-corrected chi connectivity index (χ2v) is 11.7. The van der Waals surface area contributed by atoms with Crippen LogP contribution in [-0.4, -0.2) is 16.4 Å². The molecule has 1 heterocycles. The number of halogens is 4. The highest BCUT2D eigenvalue weighted by Gasteiger charge is 2.42. The zero-order valence-corrected chi connectivity index (χ0v) is 20.4. The fourth-order valence-corrected chi connectivity index (χ4v) is 5.97. The van der Waals surface area contributed by atoms with Gasteiger partial charge in [0.1, 0.15) is 0 Å². The Balaban J connectivity index is 1.96. The van der Waals surface area contributed by atoms with Crippen LogP contribution in [0.5, 0.6) is 0 Å². The number of alkyl halides is 3. The van der Waals surface area contributed by atoms with Crippen LogP contribution in [-0.2, 0) is 28.2 Å². The van der Waals surface area contributed by atoms with Crippen LogP contribution in [0, 0.1) is 0 Å². The van der Waals surface area contributed by atoms with Crippen molar-refractivity contribution in [2.45, 2.75) is 69.2 Å². The Hall–Kier alpha value is -1.99. The van der Waals surface area contributed by atoms with E-state index in [1.165, 1.54) is 6.07 Å². The van der Waals surface area contributed by atoms with Crippen molar-refractivity contribution >= 4 is 34.5 Å². The summed E-state index contributed by atoms with van der Waals surface area (Å²) in [5.41, 5.74) is 0.966. The molecule has 1 unspecified atom stereocenters. The lowest BCUT2D eigenvalue weighted by Gasteiger charge is -2.42. The van der Waals surface area contributed by atoms with Gasteiger partial charge >= 0.3 is 6.18 Å². The molecule has 2 aromatic rings. The van der Waals surface area contributed by atoms with Crippen LogP contribution in [0.4, 0.5) is 18.0 Å². The predicted octanol–water partition coefficient (Wildman–Crippen LogP) is 7.27. The van der Waals surface area contributed by atoms with Gasteiger partial charge in [-0.25, -0.2) is 0 Å². The van der Waals surface area contributed by atoms with Gasteiger partial charge in [0.2, 0.25) is 5.91 Å². The minimum atomic E-state index is -4.59. The van der Waals surface area contributed by atoms with E-state index >= 15 is 0 Å². The molecule has 2 aliphatic rings. The SMILES string of the molecule is CC1(C)CCC(C)(C)c2cc(C(F)(F)F)c(-c3c(Cl)cccc3CC3SC(=O)NC3=O)cc21. The average molecular weight is 496 g/mol. The number of rotatable bonds is 3. The highest BCUT2D eigenvalue weighted by molar-refractivity contribution is 8.15. The minimum Gasteiger partial charge on any atom is -0.286 e. The van der Waals surface area contributed by atoms with Gasteiger partial charge in [0.15, 0.2) is 0 Å². The molecule has 1 N–H and O–H groups in total. The number of hydrogen-bond donors (Lipinski definition) is 1. The smallest absolute Gasteiger partial charge is 0.286 e. The molecule has 4 rings (SSSR count). The number of imide groups is 1. The third-order valence-corrected chi connectivity index (χ3v) is 8.13. The Kier molecular flexibility index (Phi) is 5.89. The molecule has 0 radical (unpaired) electrons. The second-order valence-electron chi connectivity index (χ2n) is 10.1. The van der Waals surface area contributed by atoms with Crippen molar-refractivity contribution in [2.24, 2.45) is 0 Å². The van der Waals surface area contributed by atoms with Crippen LogP contribution in [0.25, 0.3) is 11.1 Å². The lowest BCUT2D eigenvalue weighted by atomic mass is 9.62. The molecule has 1 aliphatic carbocycles. The van der Waals surface area contributed by atoms with Gasteiger partial charge in [0, 0.05) is 10.6 Å². The maximum atomic E-state index is 14.4. The number of thioether (sulfide) groups is 1. The topological polar surface area (TPSA) is 46.2 Å². The van der Waals surface area contributed by atoms with E-state index in [0.717, 1.165) is 30.2 Å². The largest absolute Gasteiger partial charge is 0.417 e. The highest BCUT2D eigenvalue weighted by Crippen LogP contribution is 2.51. The molecule has 1 fully saturated rings. The van der Waals surface area contributed by atoms with Crippen molar-refractivity contribution in [2.75, 3.05) is 0 Å². The Morgan fingerprint density at radius 3 is 2.21 bits per heavy atom. The summed E-state index contributed by atoms with van der Waals surface area (Å²) in [5, 5.41) is 1.24. The number of hydrogen-bond acceptors (Lipinski definition) is 3. The molecule has 0 bridgehead atoms. The van der Waals surface area contributed by atoms with Crippen molar-refractivity contribution in [1.29, 1.82) is 0 Å². The van der Waals surface area contributed by atoms with Gasteiger partial charge < -0.3 is 0 Å². The summed E-state index contributed by atoms with van der Waals surface area (Å²) in [5.74, 6) is -0.444. The summed E-state index contributed by atoms with van der Waals surface area (Å²) in [4.78, 5) is 23.7. The first-order valence-electron chi connectivity index (χ1n) is 10.8. The van der Waals surface area contributed by atoms with E-state index in [2.05, 4.69) is 19.2 Å². The third-order valence-electron chi connectivity index (χ3n) is 6.84. The van der Waals surface area contributed by atoms with E-state index in [4.69, 9.17) is 11.6 Å². The van der Waals surface area contributed by atoms with E-state index in [1.54, 1.807) is 24.3 Å². The zero-order valence-electron chi connectivity index (χ0n) is 18.8. The molecular formula is C25H25ClF3NO2S. The van der Waals surface area contributed by atoms with Gasteiger partial charge in [-0.3, -0.25) is 14.9 Å². The van der Waals surface area contributed by atoms with Gasteiger partial charge in [-0.2, -0.15) is 13.2 Å². The van der Waals surface area contributed by atoms with Crippen LogP contribution in [0.1, 0.15) is 62.8 Å². The van der Waals surface area contributed by atoms with Crippen LogP contribution in [0.2, 0.25) is 5.02 Å². The van der Waals surface area contributed by atoms with Crippen molar-refractivity contribution in [1.82, 2.24) is 5.32 Å². The van der Waals surface area contributed by atoms with E-state index in [-0.39, 0.29) is 33.4 Å². The van der Waals surface area contributed by atoms with Crippen molar-refractivity contribution in [3.63, 3.8) is 0 Å². The summed E-state index contributed by atoms with van der Waals surface area (Å²) in [6.07, 6.45) is -2.84. The number of fused-ring (bicyclic) bond motifs is 1. The maximum Gasteiger partial charge on any atom is 0.417 e. The summed E-state index contributed by atoms with van der Waals surface area (Å²) in [6.45, 7) is 8.07. The molecule has 33 heavy (non-hydrogen) atoms. The normalized spacial score (nSPS) is 21.6. The molecule has 8 heteroatoms. The summed E-state index contributed by atoms with van der Waals surface area (Å²) < 4.78 is 43.1. The molecule has 1 atom stereocenters. The van der Waals surface area contributed by atoms with Gasteiger partial charge in [-0.05, 0) is 70.5 Å². The maximum absolute atomic E-state index is 14.4. The Morgan fingerprint density at radius 1 is 1.06 bits per heavy atom. The first-order chi connectivity index (χ1) is 15.2. The number of carbonyl (C=O) groups excluding carboxylic acids is 2. The molecule has 3 nitrogen and oxygen atoms in total. The molecule has 0 spiro atoms. The minimum absolute atomic E-state index is 0.0161. The fourth-order valence-electron chi connectivity index (χ4n) is 4.82. The van der Waals surface area contributed by atoms with Crippen molar-refractivity contribution < 1.29 is 22.8 Å². The molecule has 2 aromatic carbocycles. The number of carbonyl (C=O) groups is 2. The Labute approximate surface area is 200 Å². The first kappa shape index (κ1) is 24.1. The van der Waals surface area contributed by atoms with Gasteiger partial charge in [0.25, 0.3) is 5.24 Å². The quantitative estimate of drug-likeness (QED) is 0.487. The average Bonchev–Trinajstić information content (AvgIpc) is 3.01. The van der Waals surface area contributed by atoms with Gasteiger partial charge in [0.05, 0.1) is 10.8 Å². The van der Waals surface area contributed by atoms with Crippen molar-refractivity contribution in [3.8, 4) is 11.1 Å². The molecule has 1 aliphatic heterocycles. The third kappa shape index (κ3) is 4.42. The van der Waals surface area contributed by atoms with E-state index in [0.29, 0.717) is 11.1 Å². The van der Waals surface area contributed by atoms with E-state index < -0.39 is 28.1 Å². The zero-order chi connectivity index (χ0) is 24.3. The van der Waals surface area contributed by atoms with Crippen LogP contribution in [0.15, 0.2) is 30.3 Å². The lowest BCUT2D eigenvalue weighted by Crippen LogP contribution is -2.34. The lowest BCUT2D eigenvalue weighted by molar-refractivity contribution is -0.137. The predicted molar refractivity (Wildman–Crippen MR) is 126 cm³/mol. The summed E-state index contributed by atoms with van der Waals surface area (Å²) >= 11 is 7.35. The second kappa shape index (κ2) is 8.05. The van der Waals surface area contributed by atoms with Crippen LogP contribution >= 0.6 is 23.4 Å². The van der Waals surface area contributed by atoms with E-state index in [9.17, 15) is 22.8 Å². The van der Waals surface area contributed by atoms with Crippen LogP contribution < -0.4 is 5.32 Å². The molecule has 2 amide bonds. The van der Waals surface area contributed by atoms with E-state index in [1.807, 2.05) is 13.8 Å². The molecule has 0 saturated carbocycles. The monoisotopic (exact) mass is 495 g/mol. The fraction of sp³-hybridized carbons (Fsp3) is 0.440. The number of benzene rings is 2. The number of amides is 2. The number of nitrogens with one attached hydrogen (secondary N) is 1. The summed E-state index contributed by atoms with van der Waals surface area (Å²) in [6, 6.07) is 7.82. The standard InChI is InChI=1S/C25H25ClF3NO2S/c1-23(2)8-9-24(3,4)17-12-15(25(27,28)29)14(11-16(17)23)20-13(6-5-7-18(20)26)10-19-21(31)30-22(32)33-19/h5-7,11-12,19H,8-10H2,1-4H3,(H,30,31,32). The van der Waals surface area contributed by atoms with Gasteiger partial charge in [-0.1, -0.05) is 63.2 Å². The Bertz CT molecular complexity index is 1160. The van der Waals surface area contributed by atoms with Crippen molar-refractivity contribution in [3.05, 3.63) is 57.6 Å². The molecule has 0 aromatic heterocycles. The Morgan fingerprint density at radius 2 is 1.67 bits per heavy atom. The molecule has 176 valence electrons. The summed E-state index contributed by atoms with van der Waals surface area (Å²) in [7, 11) is 0. The first-order valence-corrected chi connectivity index (χ1v) is 12.0. The van der Waals surface area contributed by atoms with Gasteiger partial charge in [-0.15, -0.1) is 0 Å². The highest BCUT2D eigenvalue weighted by atomic mass is 35.5. The van der Waals surface area contributed by atoms with Crippen LogP contribution in [0.3, 0.4) is 0 Å².